The molecule has 102 valence electrons. The number of carbonyl (C=O) groups is 1. The first-order chi connectivity index (χ1) is 9.26. The van der Waals surface area contributed by atoms with Crippen LogP contribution in [-0.4, -0.2) is 23.6 Å². The first-order valence-corrected chi connectivity index (χ1v) is 7.01. The summed E-state index contributed by atoms with van der Waals surface area (Å²) < 4.78 is 5.43. The van der Waals surface area contributed by atoms with E-state index in [9.17, 15) is 4.79 Å². The summed E-state index contributed by atoms with van der Waals surface area (Å²) in [5.41, 5.74) is 1.07. The highest BCUT2D eigenvalue weighted by atomic mass is 16.6. The topological polar surface area (TPSA) is 29.5 Å². The molecule has 0 spiro atoms. The van der Waals surface area contributed by atoms with E-state index in [4.69, 9.17) is 4.74 Å². The molecule has 1 aromatic rings. The van der Waals surface area contributed by atoms with E-state index in [1.165, 1.54) is 0 Å². The summed E-state index contributed by atoms with van der Waals surface area (Å²) in [6.45, 7) is 4.99. The van der Waals surface area contributed by atoms with Crippen LogP contribution in [-0.2, 0) is 4.74 Å². The Kier molecular flexibility index (Phi) is 4.61. The zero-order valence-electron chi connectivity index (χ0n) is 11.6. The third-order valence-electron chi connectivity index (χ3n) is 3.39. The molecule has 2 rings (SSSR count). The predicted molar refractivity (Wildman–Crippen MR) is 76.6 cm³/mol. The lowest BCUT2D eigenvalue weighted by Gasteiger charge is -2.19. The minimum atomic E-state index is -0.206. The van der Waals surface area contributed by atoms with Crippen LogP contribution in [0.1, 0.15) is 38.7 Å². The molecule has 0 radical (unpaired) electrons. The Balaban J connectivity index is 2.18. The molecule has 1 amide bonds. The zero-order chi connectivity index (χ0) is 13.7. The van der Waals surface area contributed by atoms with Crippen molar-refractivity contribution in [2.75, 3.05) is 6.54 Å². The average Bonchev–Trinajstić information content (AvgIpc) is 2.72. The number of nitrogens with zero attached hydrogens (tertiary/aromatic N) is 1. The van der Waals surface area contributed by atoms with Crippen LogP contribution in [0.5, 0.6) is 0 Å². The van der Waals surface area contributed by atoms with Crippen LogP contribution >= 0.6 is 0 Å². The van der Waals surface area contributed by atoms with Crippen molar-refractivity contribution in [1.29, 1.82) is 0 Å². The number of hydrogen-bond donors (Lipinski definition) is 0. The highest BCUT2D eigenvalue weighted by molar-refractivity contribution is 5.75. The molecule has 1 heterocycles. The first-order valence-electron chi connectivity index (χ1n) is 7.01. The number of carbonyl (C=O) groups excluding carboxylic acids is 1. The van der Waals surface area contributed by atoms with Crippen LogP contribution in [0.25, 0.3) is 6.08 Å². The van der Waals surface area contributed by atoms with Crippen molar-refractivity contribution in [3.8, 4) is 0 Å². The van der Waals surface area contributed by atoms with Gasteiger partial charge in [-0.3, -0.25) is 4.90 Å². The Morgan fingerprint density at radius 2 is 2.00 bits per heavy atom. The number of cyclic esters (lactones) is 1. The normalized spacial score (nSPS) is 20.9. The fraction of sp³-hybridized carbons (Fsp3) is 0.438. The van der Waals surface area contributed by atoms with Gasteiger partial charge in [0.05, 0.1) is 6.04 Å². The van der Waals surface area contributed by atoms with Crippen molar-refractivity contribution in [3.05, 3.63) is 41.7 Å². The smallest absolute Gasteiger partial charge is 0.412 e. The lowest BCUT2D eigenvalue weighted by atomic mass is 10.1. The molecule has 0 aliphatic carbocycles. The van der Waals surface area contributed by atoms with Crippen LogP contribution in [0.2, 0.25) is 0 Å². The van der Waals surface area contributed by atoms with Crippen LogP contribution < -0.4 is 0 Å². The third-order valence-corrected chi connectivity index (χ3v) is 3.39. The Bertz CT molecular complexity index is 453. The summed E-state index contributed by atoms with van der Waals surface area (Å²) in [6.07, 6.45) is 4.75. The Labute approximate surface area is 114 Å². The molecule has 1 unspecified atom stereocenters. The number of unbranched alkanes of at least 4 members (excludes halogenated alkanes) is 1. The van der Waals surface area contributed by atoms with Gasteiger partial charge < -0.3 is 4.74 Å². The largest absolute Gasteiger partial charge is 0.415 e. The minimum absolute atomic E-state index is 0.0826. The van der Waals surface area contributed by atoms with Crippen molar-refractivity contribution in [2.45, 2.75) is 39.2 Å². The predicted octanol–water partition coefficient (Wildman–Crippen LogP) is 4.06. The van der Waals surface area contributed by atoms with Crippen LogP contribution in [0, 0.1) is 0 Å². The molecule has 0 N–H and O–H groups in total. The van der Waals surface area contributed by atoms with Crippen molar-refractivity contribution < 1.29 is 9.53 Å². The van der Waals surface area contributed by atoms with Crippen molar-refractivity contribution in [3.63, 3.8) is 0 Å². The first kappa shape index (κ1) is 13.7. The van der Waals surface area contributed by atoms with E-state index < -0.39 is 0 Å². The van der Waals surface area contributed by atoms with Gasteiger partial charge in [0.2, 0.25) is 0 Å². The van der Waals surface area contributed by atoms with Gasteiger partial charge in [0, 0.05) is 6.54 Å². The zero-order valence-corrected chi connectivity index (χ0v) is 11.6. The third kappa shape index (κ3) is 3.16. The number of amides is 1. The lowest BCUT2D eigenvalue weighted by Crippen LogP contribution is -2.33. The van der Waals surface area contributed by atoms with E-state index in [1.54, 1.807) is 0 Å². The van der Waals surface area contributed by atoms with E-state index in [0.29, 0.717) is 0 Å². The minimum Gasteiger partial charge on any atom is -0.412 e. The molecular weight excluding hydrogens is 238 g/mol. The van der Waals surface area contributed by atoms with E-state index >= 15 is 0 Å². The number of rotatable bonds is 5. The van der Waals surface area contributed by atoms with Gasteiger partial charge in [0.25, 0.3) is 0 Å². The molecule has 1 atom stereocenters. The second kappa shape index (κ2) is 6.41. The molecule has 3 nitrogen and oxygen atoms in total. The fourth-order valence-corrected chi connectivity index (χ4v) is 2.34. The van der Waals surface area contributed by atoms with Crippen LogP contribution in [0.15, 0.2) is 36.1 Å². The Morgan fingerprint density at radius 1 is 1.26 bits per heavy atom. The van der Waals surface area contributed by atoms with Gasteiger partial charge >= 0.3 is 6.09 Å². The second-order valence-electron chi connectivity index (χ2n) is 4.80. The molecule has 1 aliphatic rings. The van der Waals surface area contributed by atoms with Crippen molar-refractivity contribution >= 4 is 12.2 Å². The maximum Gasteiger partial charge on any atom is 0.415 e. The van der Waals surface area contributed by atoms with E-state index in [1.807, 2.05) is 41.3 Å². The lowest BCUT2D eigenvalue weighted by molar-refractivity contribution is 0.164. The molecule has 1 aromatic carbocycles. The summed E-state index contributed by atoms with van der Waals surface area (Å²) in [5, 5.41) is 0. The summed E-state index contributed by atoms with van der Waals surface area (Å²) in [6, 6.07) is 10.1. The summed E-state index contributed by atoms with van der Waals surface area (Å²) >= 11 is 0. The van der Waals surface area contributed by atoms with Crippen molar-refractivity contribution in [2.24, 2.45) is 0 Å². The standard InChI is InChI=1S/C16H21NO2/c1-3-5-11-17-14(4-2)15(19-16(17)18)12-13-9-7-6-8-10-13/h6-10,12,14H,3-5,11H2,1-2H3/b15-12-. The van der Waals surface area contributed by atoms with Gasteiger partial charge in [-0.1, -0.05) is 50.6 Å². The molecule has 3 heteroatoms. The fourth-order valence-electron chi connectivity index (χ4n) is 2.34. The number of ether oxygens (including phenoxy) is 1. The maximum atomic E-state index is 11.9. The molecule has 1 fully saturated rings. The molecule has 1 saturated heterocycles. The SMILES string of the molecule is CCCCN1C(=O)O/C(=C\c2ccccc2)C1CC. The van der Waals surface area contributed by atoms with E-state index in [-0.39, 0.29) is 12.1 Å². The quantitative estimate of drug-likeness (QED) is 0.798. The highest BCUT2D eigenvalue weighted by Crippen LogP contribution is 2.27. The monoisotopic (exact) mass is 259 g/mol. The van der Waals surface area contributed by atoms with Crippen LogP contribution in [0.3, 0.4) is 0 Å². The van der Waals surface area contributed by atoms with Gasteiger partial charge in [-0.15, -0.1) is 0 Å². The van der Waals surface area contributed by atoms with Crippen LogP contribution in [0.4, 0.5) is 4.79 Å². The number of benzene rings is 1. The molecule has 0 aromatic heterocycles. The van der Waals surface area contributed by atoms with Gasteiger partial charge in [-0.05, 0) is 24.5 Å². The average molecular weight is 259 g/mol. The van der Waals surface area contributed by atoms with Gasteiger partial charge in [0.15, 0.2) is 0 Å². The molecule has 0 saturated carbocycles. The summed E-state index contributed by atoms with van der Waals surface area (Å²) in [7, 11) is 0. The van der Waals surface area contributed by atoms with E-state index in [0.717, 1.165) is 37.1 Å². The molecule has 0 bridgehead atoms. The van der Waals surface area contributed by atoms with Crippen molar-refractivity contribution in [1.82, 2.24) is 4.90 Å². The Morgan fingerprint density at radius 3 is 2.63 bits per heavy atom. The second-order valence-corrected chi connectivity index (χ2v) is 4.80. The van der Waals surface area contributed by atoms with Gasteiger partial charge in [0.1, 0.15) is 5.76 Å². The summed E-state index contributed by atoms with van der Waals surface area (Å²) in [5.74, 6) is 0.773. The molecule has 1 aliphatic heterocycles. The highest BCUT2D eigenvalue weighted by Gasteiger charge is 2.35. The maximum absolute atomic E-state index is 11.9. The molecular formula is C16H21NO2. The number of hydrogen-bond acceptors (Lipinski definition) is 2. The molecule has 19 heavy (non-hydrogen) atoms. The Hall–Kier alpha value is -1.77. The van der Waals surface area contributed by atoms with Gasteiger partial charge in [-0.25, -0.2) is 4.79 Å². The summed E-state index contributed by atoms with van der Waals surface area (Å²) in [4.78, 5) is 13.8. The van der Waals surface area contributed by atoms with E-state index in [2.05, 4.69) is 13.8 Å². The van der Waals surface area contributed by atoms with Gasteiger partial charge in [-0.2, -0.15) is 0 Å².